The second-order valence-electron chi connectivity index (χ2n) is 6.46. The van der Waals surface area contributed by atoms with Gasteiger partial charge in [-0.05, 0) is 31.3 Å². The summed E-state index contributed by atoms with van der Waals surface area (Å²) in [5, 5.41) is 0. The van der Waals surface area contributed by atoms with Gasteiger partial charge < -0.3 is 0 Å². The first-order valence-corrected chi connectivity index (χ1v) is 7.20. The molecule has 0 spiro atoms. The Labute approximate surface area is 112 Å². The van der Waals surface area contributed by atoms with Gasteiger partial charge in [0.1, 0.15) is 0 Å². The number of allylic oxidation sites excluding steroid dienone is 8. The van der Waals surface area contributed by atoms with Gasteiger partial charge in [-0.3, -0.25) is 0 Å². The van der Waals surface area contributed by atoms with Crippen molar-refractivity contribution in [1.82, 2.24) is 0 Å². The standard InChI is InChI=1S/C18H26/c1-11(2)15-9-17(12(3)4)18(10-15)16-7-13(5)14(6)8-16/h7-12,16-17H,1-6H3. The van der Waals surface area contributed by atoms with E-state index in [2.05, 4.69) is 65.8 Å². The summed E-state index contributed by atoms with van der Waals surface area (Å²) in [6.07, 6.45) is 9.80. The predicted octanol–water partition coefficient (Wildman–Crippen LogP) is 5.30. The van der Waals surface area contributed by atoms with Crippen LogP contribution in [0.15, 0.2) is 46.6 Å². The maximum Gasteiger partial charge on any atom is 0.0178 e. The molecule has 0 amide bonds. The van der Waals surface area contributed by atoms with Gasteiger partial charge in [-0.2, -0.15) is 0 Å². The zero-order valence-corrected chi connectivity index (χ0v) is 12.6. The van der Waals surface area contributed by atoms with Gasteiger partial charge in [0.05, 0.1) is 0 Å². The van der Waals surface area contributed by atoms with Crippen LogP contribution in [0.5, 0.6) is 0 Å². The molecule has 1 unspecified atom stereocenters. The Kier molecular flexibility index (Phi) is 3.66. The van der Waals surface area contributed by atoms with E-state index in [0.29, 0.717) is 23.7 Å². The highest BCUT2D eigenvalue weighted by molar-refractivity contribution is 5.47. The van der Waals surface area contributed by atoms with E-state index in [1.54, 1.807) is 5.57 Å². The van der Waals surface area contributed by atoms with Gasteiger partial charge in [-0.25, -0.2) is 0 Å². The lowest BCUT2D eigenvalue weighted by atomic mass is 9.84. The molecule has 0 saturated carbocycles. The maximum atomic E-state index is 2.50. The fraction of sp³-hybridized carbons (Fsp3) is 0.556. The average Bonchev–Trinajstić information content (AvgIpc) is 2.83. The van der Waals surface area contributed by atoms with E-state index in [1.807, 2.05) is 0 Å². The van der Waals surface area contributed by atoms with Crippen LogP contribution in [0.2, 0.25) is 0 Å². The van der Waals surface area contributed by atoms with Gasteiger partial charge in [0.25, 0.3) is 0 Å². The molecule has 2 aliphatic carbocycles. The summed E-state index contributed by atoms with van der Waals surface area (Å²) in [5.41, 5.74) is 6.01. The molecule has 1 atom stereocenters. The number of rotatable bonds is 3. The molecule has 0 fully saturated rings. The first-order chi connectivity index (χ1) is 8.40. The molecule has 2 rings (SSSR count). The molecule has 0 N–H and O–H groups in total. The summed E-state index contributed by atoms with van der Waals surface area (Å²) in [4.78, 5) is 0. The minimum atomic E-state index is 0.532. The zero-order valence-electron chi connectivity index (χ0n) is 12.6. The number of hydrogen-bond acceptors (Lipinski definition) is 0. The third kappa shape index (κ3) is 2.39. The molecule has 18 heavy (non-hydrogen) atoms. The SMILES string of the molecule is CC1=CC(C2=CC(C(C)C)=CC2C(C)C)C=C1C. The van der Waals surface area contributed by atoms with E-state index < -0.39 is 0 Å². The highest BCUT2D eigenvalue weighted by Gasteiger charge is 2.28. The van der Waals surface area contributed by atoms with Crippen LogP contribution >= 0.6 is 0 Å². The van der Waals surface area contributed by atoms with Crippen molar-refractivity contribution >= 4 is 0 Å². The molecule has 0 aromatic carbocycles. The molecule has 0 heteroatoms. The van der Waals surface area contributed by atoms with Crippen LogP contribution in [0.4, 0.5) is 0 Å². The lowest BCUT2D eigenvalue weighted by molar-refractivity contribution is 0.510. The average molecular weight is 242 g/mol. The molecule has 0 saturated heterocycles. The highest BCUT2D eigenvalue weighted by Crippen LogP contribution is 2.41. The van der Waals surface area contributed by atoms with Crippen LogP contribution in [-0.4, -0.2) is 0 Å². The Hall–Kier alpha value is -1.04. The van der Waals surface area contributed by atoms with Gasteiger partial charge in [-0.1, -0.05) is 68.7 Å². The van der Waals surface area contributed by atoms with E-state index in [4.69, 9.17) is 0 Å². The van der Waals surface area contributed by atoms with Crippen molar-refractivity contribution in [2.75, 3.05) is 0 Å². The summed E-state index contributed by atoms with van der Waals surface area (Å²) in [6.45, 7) is 13.7. The van der Waals surface area contributed by atoms with Crippen molar-refractivity contribution in [3.05, 3.63) is 46.6 Å². The Morgan fingerprint density at radius 3 is 1.89 bits per heavy atom. The minimum Gasteiger partial charge on any atom is -0.0736 e. The number of hydrogen-bond donors (Lipinski definition) is 0. The molecule has 0 bridgehead atoms. The molecule has 0 nitrogen and oxygen atoms in total. The quantitative estimate of drug-likeness (QED) is 0.629. The van der Waals surface area contributed by atoms with Crippen LogP contribution in [0, 0.1) is 23.7 Å². The largest absolute Gasteiger partial charge is 0.0736 e. The summed E-state index contributed by atoms with van der Waals surface area (Å²) in [6, 6.07) is 0. The van der Waals surface area contributed by atoms with Crippen LogP contribution in [0.1, 0.15) is 41.5 Å². The minimum absolute atomic E-state index is 0.532. The molecule has 98 valence electrons. The summed E-state index contributed by atoms with van der Waals surface area (Å²) in [7, 11) is 0. The van der Waals surface area contributed by atoms with E-state index >= 15 is 0 Å². The first-order valence-electron chi connectivity index (χ1n) is 7.20. The van der Waals surface area contributed by atoms with Crippen LogP contribution < -0.4 is 0 Å². The fourth-order valence-electron chi connectivity index (χ4n) is 2.94. The van der Waals surface area contributed by atoms with Crippen molar-refractivity contribution < 1.29 is 0 Å². The van der Waals surface area contributed by atoms with Gasteiger partial charge in [0, 0.05) is 11.8 Å². The van der Waals surface area contributed by atoms with Crippen molar-refractivity contribution in [3.8, 4) is 0 Å². The lowest BCUT2D eigenvalue weighted by Gasteiger charge is -2.20. The van der Waals surface area contributed by atoms with Crippen molar-refractivity contribution in [1.29, 1.82) is 0 Å². The monoisotopic (exact) mass is 242 g/mol. The summed E-state index contributed by atoms with van der Waals surface area (Å²) < 4.78 is 0. The van der Waals surface area contributed by atoms with E-state index in [1.165, 1.54) is 16.7 Å². The second kappa shape index (κ2) is 4.91. The molecule has 0 aromatic rings. The highest BCUT2D eigenvalue weighted by atomic mass is 14.3. The Morgan fingerprint density at radius 2 is 1.44 bits per heavy atom. The van der Waals surface area contributed by atoms with Gasteiger partial charge >= 0.3 is 0 Å². The zero-order chi connectivity index (χ0) is 13.4. The van der Waals surface area contributed by atoms with Crippen molar-refractivity contribution in [3.63, 3.8) is 0 Å². The predicted molar refractivity (Wildman–Crippen MR) is 80.3 cm³/mol. The third-order valence-electron chi connectivity index (χ3n) is 4.34. The third-order valence-corrected chi connectivity index (χ3v) is 4.34. The van der Waals surface area contributed by atoms with Crippen molar-refractivity contribution in [2.24, 2.45) is 23.7 Å². The van der Waals surface area contributed by atoms with Crippen LogP contribution in [0.25, 0.3) is 0 Å². The normalized spacial score (nSPS) is 24.6. The molecule has 0 heterocycles. The Balaban J connectivity index is 2.31. The molecular formula is C18H26. The van der Waals surface area contributed by atoms with E-state index in [-0.39, 0.29) is 0 Å². The molecule has 0 radical (unpaired) electrons. The molecule has 2 aliphatic rings. The van der Waals surface area contributed by atoms with Gasteiger partial charge in [0.2, 0.25) is 0 Å². The Bertz CT molecular complexity index is 434. The fourth-order valence-corrected chi connectivity index (χ4v) is 2.94. The second-order valence-corrected chi connectivity index (χ2v) is 6.46. The molecular weight excluding hydrogens is 216 g/mol. The van der Waals surface area contributed by atoms with Crippen molar-refractivity contribution in [2.45, 2.75) is 41.5 Å². The summed E-state index contributed by atoms with van der Waals surface area (Å²) in [5.74, 6) is 2.49. The topological polar surface area (TPSA) is 0 Å². The molecule has 0 aliphatic heterocycles. The van der Waals surface area contributed by atoms with Gasteiger partial charge in [-0.15, -0.1) is 0 Å². The lowest BCUT2D eigenvalue weighted by Crippen LogP contribution is -2.11. The van der Waals surface area contributed by atoms with E-state index in [0.717, 1.165) is 0 Å². The first kappa shape index (κ1) is 13.4. The maximum absolute atomic E-state index is 2.50. The van der Waals surface area contributed by atoms with E-state index in [9.17, 15) is 0 Å². The van der Waals surface area contributed by atoms with Crippen LogP contribution in [-0.2, 0) is 0 Å². The summed E-state index contributed by atoms with van der Waals surface area (Å²) >= 11 is 0. The molecule has 0 aromatic heterocycles. The Morgan fingerprint density at radius 1 is 0.889 bits per heavy atom. The van der Waals surface area contributed by atoms with Gasteiger partial charge in [0.15, 0.2) is 0 Å². The van der Waals surface area contributed by atoms with Crippen LogP contribution in [0.3, 0.4) is 0 Å². The smallest absolute Gasteiger partial charge is 0.0178 e.